The molecule has 0 aliphatic heterocycles. The zero-order valence-corrected chi connectivity index (χ0v) is 10.6. The van der Waals surface area contributed by atoms with Crippen LogP contribution in [0, 0.1) is 0 Å². The third kappa shape index (κ3) is 2.31. The Morgan fingerprint density at radius 2 is 1.44 bits per heavy atom. The second-order valence-electron chi connectivity index (χ2n) is 4.09. The number of benzene rings is 2. The van der Waals surface area contributed by atoms with Gasteiger partial charge in [-0.15, -0.1) is 0 Å². The van der Waals surface area contributed by atoms with Crippen LogP contribution in [0.4, 0.5) is 0 Å². The van der Waals surface area contributed by atoms with E-state index >= 15 is 0 Å². The van der Waals surface area contributed by atoms with E-state index in [1.165, 1.54) is 17.3 Å². The summed E-state index contributed by atoms with van der Waals surface area (Å²) in [5.41, 5.74) is 4.46. The molecule has 2 nitrogen and oxygen atoms in total. The first-order valence-corrected chi connectivity index (χ1v) is 6.57. The molecule has 3 rings (SSSR count). The van der Waals surface area contributed by atoms with Crippen molar-refractivity contribution in [2.75, 3.05) is 0 Å². The lowest BCUT2D eigenvalue weighted by atomic mass is 10.0. The maximum atomic E-state index is 4.42. The fraction of sp³-hybridized carbons (Fsp3) is 0.0667. The molecule has 0 aliphatic rings. The van der Waals surface area contributed by atoms with Crippen LogP contribution in [0.5, 0.6) is 0 Å². The zero-order valence-electron chi connectivity index (χ0n) is 9.78. The standard InChI is InChI=1S/C15H12N2S/c1-3-7-12(8-4-1)11-14-15(17-18-16-14)13-9-5-2-6-10-13/h1-10H,11H2. The second-order valence-corrected chi connectivity index (χ2v) is 4.62. The highest BCUT2D eigenvalue weighted by atomic mass is 32.1. The Kier molecular flexibility index (Phi) is 3.15. The molecule has 0 N–H and O–H groups in total. The topological polar surface area (TPSA) is 25.8 Å². The molecule has 3 heteroatoms. The lowest BCUT2D eigenvalue weighted by molar-refractivity contribution is 1.13. The van der Waals surface area contributed by atoms with Crippen molar-refractivity contribution < 1.29 is 0 Å². The van der Waals surface area contributed by atoms with Gasteiger partial charge in [0.05, 0.1) is 17.4 Å². The summed E-state index contributed by atoms with van der Waals surface area (Å²) in [5.74, 6) is 0. The van der Waals surface area contributed by atoms with Gasteiger partial charge < -0.3 is 0 Å². The minimum atomic E-state index is 0.835. The van der Waals surface area contributed by atoms with E-state index in [1.54, 1.807) is 0 Å². The van der Waals surface area contributed by atoms with Gasteiger partial charge in [-0.3, -0.25) is 0 Å². The highest BCUT2D eigenvalue weighted by Gasteiger charge is 2.10. The first kappa shape index (κ1) is 11.1. The summed E-state index contributed by atoms with van der Waals surface area (Å²) in [6.45, 7) is 0. The van der Waals surface area contributed by atoms with Crippen LogP contribution in [0.15, 0.2) is 60.7 Å². The van der Waals surface area contributed by atoms with Crippen molar-refractivity contribution in [1.29, 1.82) is 0 Å². The van der Waals surface area contributed by atoms with Crippen LogP contribution >= 0.6 is 11.7 Å². The molecular weight excluding hydrogens is 240 g/mol. The van der Waals surface area contributed by atoms with Crippen LogP contribution in [0.2, 0.25) is 0 Å². The van der Waals surface area contributed by atoms with Crippen LogP contribution in [-0.2, 0) is 6.42 Å². The minimum absolute atomic E-state index is 0.835. The third-order valence-electron chi connectivity index (χ3n) is 2.82. The van der Waals surface area contributed by atoms with Crippen LogP contribution in [0.1, 0.15) is 11.3 Å². The summed E-state index contributed by atoms with van der Waals surface area (Å²) in [6.07, 6.45) is 0.835. The molecule has 1 heterocycles. The molecule has 0 radical (unpaired) electrons. The molecule has 0 bridgehead atoms. The molecule has 18 heavy (non-hydrogen) atoms. The Labute approximate surface area is 110 Å². The Morgan fingerprint density at radius 3 is 2.17 bits per heavy atom. The van der Waals surface area contributed by atoms with Crippen LogP contribution in [-0.4, -0.2) is 8.75 Å². The average molecular weight is 252 g/mol. The van der Waals surface area contributed by atoms with E-state index in [9.17, 15) is 0 Å². The Balaban J connectivity index is 1.93. The quantitative estimate of drug-likeness (QED) is 0.708. The number of aromatic nitrogens is 2. The van der Waals surface area contributed by atoms with Crippen molar-refractivity contribution >= 4 is 11.7 Å². The predicted molar refractivity (Wildman–Crippen MR) is 74.6 cm³/mol. The molecule has 3 aromatic rings. The first-order chi connectivity index (χ1) is 8.93. The number of hydrogen-bond donors (Lipinski definition) is 0. The van der Waals surface area contributed by atoms with Crippen LogP contribution in [0.3, 0.4) is 0 Å². The van der Waals surface area contributed by atoms with Gasteiger partial charge in [-0.2, -0.15) is 8.75 Å². The van der Waals surface area contributed by atoms with E-state index in [-0.39, 0.29) is 0 Å². The van der Waals surface area contributed by atoms with Crippen LogP contribution < -0.4 is 0 Å². The van der Waals surface area contributed by atoms with E-state index in [4.69, 9.17) is 0 Å². The molecule has 0 aliphatic carbocycles. The molecule has 0 spiro atoms. The van der Waals surface area contributed by atoms with E-state index in [1.807, 2.05) is 24.3 Å². The highest BCUT2D eigenvalue weighted by Crippen LogP contribution is 2.23. The molecular formula is C15H12N2S. The van der Waals surface area contributed by atoms with E-state index in [0.29, 0.717) is 0 Å². The SMILES string of the molecule is c1ccc(Cc2nsnc2-c2ccccc2)cc1. The van der Waals surface area contributed by atoms with E-state index in [0.717, 1.165) is 23.4 Å². The molecule has 0 amide bonds. The number of nitrogens with zero attached hydrogens (tertiary/aromatic N) is 2. The zero-order chi connectivity index (χ0) is 12.2. The summed E-state index contributed by atoms with van der Waals surface area (Å²) in [5, 5.41) is 0. The maximum absolute atomic E-state index is 4.42. The first-order valence-electron chi connectivity index (χ1n) is 5.84. The smallest absolute Gasteiger partial charge is 0.108 e. The monoisotopic (exact) mass is 252 g/mol. The fourth-order valence-corrected chi connectivity index (χ4v) is 2.51. The van der Waals surface area contributed by atoms with Gasteiger partial charge in [-0.1, -0.05) is 60.7 Å². The predicted octanol–water partition coefficient (Wildman–Crippen LogP) is 3.80. The minimum Gasteiger partial charge on any atom is -0.177 e. The Bertz CT molecular complexity index is 617. The lowest BCUT2D eigenvalue weighted by Crippen LogP contribution is -1.91. The lowest BCUT2D eigenvalue weighted by Gasteiger charge is -2.01. The van der Waals surface area contributed by atoms with Gasteiger partial charge in [0.15, 0.2) is 0 Å². The number of hydrogen-bond acceptors (Lipinski definition) is 3. The van der Waals surface area contributed by atoms with Gasteiger partial charge in [0.25, 0.3) is 0 Å². The van der Waals surface area contributed by atoms with Gasteiger partial charge in [0, 0.05) is 12.0 Å². The van der Waals surface area contributed by atoms with Crippen LogP contribution in [0.25, 0.3) is 11.3 Å². The summed E-state index contributed by atoms with van der Waals surface area (Å²) in [4.78, 5) is 0. The van der Waals surface area contributed by atoms with Crippen molar-refractivity contribution in [1.82, 2.24) is 8.75 Å². The molecule has 0 saturated carbocycles. The number of rotatable bonds is 3. The molecule has 2 aromatic carbocycles. The molecule has 0 fully saturated rings. The normalized spacial score (nSPS) is 10.4. The second kappa shape index (κ2) is 5.10. The molecule has 0 saturated heterocycles. The molecule has 88 valence electrons. The summed E-state index contributed by atoms with van der Waals surface area (Å²) < 4.78 is 8.83. The Morgan fingerprint density at radius 1 is 0.778 bits per heavy atom. The van der Waals surface area contributed by atoms with Gasteiger partial charge in [-0.05, 0) is 5.56 Å². The van der Waals surface area contributed by atoms with E-state index in [2.05, 4.69) is 45.1 Å². The third-order valence-corrected chi connectivity index (χ3v) is 3.38. The van der Waals surface area contributed by atoms with Crippen molar-refractivity contribution in [2.24, 2.45) is 0 Å². The maximum Gasteiger partial charge on any atom is 0.108 e. The Hall–Kier alpha value is -2.00. The highest BCUT2D eigenvalue weighted by molar-refractivity contribution is 6.99. The van der Waals surface area contributed by atoms with Crippen molar-refractivity contribution in [3.05, 3.63) is 71.9 Å². The fourth-order valence-electron chi connectivity index (χ4n) is 1.93. The van der Waals surface area contributed by atoms with Gasteiger partial charge >= 0.3 is 0 Å². The molecule has 1 aromatic heterocycles. The summed E-state index contributed by atoms with van der Waals surface area (Å²) in [7, 11) is 0. The molecule has 0 atom stereocenters. The van der Waals surface area contributed by atoms with Gasteiger partial charge in [-0.25, -0.2) is 0 Å². The molecule has 0 unspecified atom stereocenters. The summed E-state index contributed by atoms with van der Waals surface area (Å²) in [6, 6.07) is 20.6. The van der Waals surface area contributed by atoms with Gasteiger partial charge in [0.2, 0.25) is 0 Å². The average Bonchev–Trinajstić information content (AvgIpc) is 2.89. The van der Waals surface area contributed by atoms with Gasteiger partial charge in [0.1, 0.15) is 5.69 Å². The van der Waals surface area contributed by atoms with Crippen molar-refractivity contribution in [3.63, 3.8) is 0 Å². The summed E-state index contributed by atoms with van der Waals surface area (Å²) >= 11 is 1.28. The van der Waals surface area contributed by atoms with Crippen molar-refractivity contribution in [2.45, 2.75) is 6.42 Å². The van der Waals surface area contributed by atoms with Crippen molar-refractivity contribution in [3.8, 4) is 11.3 Å². The largest absolute Gasteiger partial charge is 0.177 e. The van der Waals surface area contributed by atoms with E-state index < -0.39 is 0 Å².